The molecule has 0 bridgehead atoms. The highest BCUT2D eigenvalue weighted by molar-refractivity contribution is 6.30. The van der Waals surface area contributed by atoms with Crippen molar-refractivity contribution in [1.29, 1.82) is 0 Å². The van der Waals surface area contributed by atoms with Crippen molar-refractivity contribution in [3.8, 4) is 5.75 Å². The summed E-state index contributed by atoms with van der Waals surface area (Å²) >= 11 is 11.6. The summed E-state index contributed by atoms with van der Waals surface area (Å²) < 4.78 is 8.74. The summed E-state index contributed by atoms with van der Waals surface area (Å²) in [6.45, 7) is 1.06. The van der Waals surface area contributed by atoms with Gasteiger partial charge >= 0.3 is 0 Å². The number of carbonyl (C=O) groups excluding carboxylic acids is 1. The third-order valence-corrected chi connectivity index (χ3v) is 3.79. The molecule has 1 aromatic carbocycles. The third kappa shape index (κ3) is 4.74. The topological polar surface area (TPSA) is 74.0 Å². The molecule has 0 radical (unpaired) electrons. The maximum absolute atomic E-state index is 12.3. The van der Waals surface area contributed by atoms with Crippen LogP contribution < -0.4 is 10.1 Å². The highest BCUT2D eigenvalue weighted by atomic mass is 35.5. The van der Waals surface area contributed by atoms with Crippen LogP contribution in [-0.4, -0.2) is 32.0 Å². The molecule has 0 atom stereocenters. The van der Waals surface area contributed by atoms with E-state index in [1.807, 2.05) is 0 Å². The monoisotopic (exact) mass is 379 g/mol. The number of carbonyl (C=O) groups is 1. The Balaban J connectivity index is 1.53. The molecule has 2 heterocycles. The molecule has 1 N–H and O–H groups in total. The minimum atomic E-state index is -0.240. The highest BCUT2D eigenvalue weighted by Crippen LogP contribution is 2.16. The van der Waals surface area contributed by atoms with Crippen molar-refractivity contribution in [1.82, 2.24) is 24.9 Å². The fourth-order valence-corrected chi connectivity index (χ4v) is 2.41. The van der Waals surface area contributed by atoms with Gasteiger partial charge in [0.25, 0.3) is 5.91 Å². The number of nitrogens with zero attached hydrogens (tertiary/aromatic N) is 4. The summed E-state index contributed by atoms with van der Waals surface area (Å²) in [6, 6.07) is 8.59. The van der Waals surface area contributed by atoms with Crippen molar-refractivity contribution in [3.05, 3.63) is 64.7 Å². The van der Waals surface area contributed by atoms with Gasteiger partial charge in [0.05, 0.1) is 17.8 Å². The Kier molecular flexibility index (Phi) is 5.57. The molecule has 2 aromatic heterocycles. The van der Waals surface area contributed by atoms with Gasteiger partial charge in [0, 0.05) is 24.0 Å². The van der Waals surface area contributed by atoms with Gasteiger partial charge in [-0.1, -0.05) is 23.2 Å². The van der Waals surface area contributed by atoms with Gasteiger partial charge in [-0.2, -0.15) is 10.2 Å². The van der Waals surface area contributed by atoms with E-state index < -0.39 is 0 Å². The predicted octanol–water partition coefficient (Wildman–Crippen LogP) is 2.85. The minimum Gasteiger partial charge on any atom is -0.471 e. The minimum absolute atomic E-state index is 0.117. The van der Waals surface area contributed by atoms with Crippen molar-refractivity contribution in [2.45, 2.75) is 13.3 Å². The normalized spacial score (nSPS) is 10.6. The fourth-order valence-electron chi connectivity index (χ4n) is 2.13. The first-order valence-electron chi connectivity index (χ1n) is 7.48. The smallest absolute Gasteiger partial charge is 0.269 e. The molecule has 0 unspecified atom stereocenters. The van der Waals surface area contributed by atoms with E-state index in [-0.39, 0.29) is 12.6 Å². The SMILES string of the molecule is O=C(NCCn1cc(Cl)cn1)c1ccnn1COc1ccc(Cl)cc1. The zero-order valence-electron chi connectivity index (χ0n) is 13.1. The molecule has 3 aromatic rings. The van der Waals surface area contributed by atoms with Crippen molar-refractivity contribution >= 4 is 29.1 Å². The van der Waals surface area contributed by atoms with Crippen molar-refractivity contribution in [3.63, 3.8) is 0 Å². The molecule has 0 fully saturated rings. The lowest BCUT2D eigenvalue weighted by Gasteiger charge is -2.10. The van der Waals surface area contributed by atoms with E-state index in [1.54, 1.807) is 53.6 Å². The first kappa shape index (κ1) is 17.3. The van der Waals surface area contributed by atoms with Gasteiger partial charge in [-0.3, -0.25) is 9.48 Å². The molecular formula is C16H15Cl2N5O2. The molecule has 0 aliphatic rings. The Morgan fingerprint density at radius 1 is 1.12 bits per heavy atom. The van der Waals surface area contributed by atoms with Crippen molar-refractivity contribution in [2.24, 2.45) is 0 Å². The van der Waals surface area contributed by atoms with Crippen LogP contribution in [-0.2, 0) is 13.3 Å². The number of nitrogens with one attached hydrogen (secondary N) is 1. The molecule has 1 amide bonds. The Hall–Kier alpha value is -2.51. The van der Waals surface area contributed by atoms with E-state index in [1.165, 1.54) is 4.68 Å². The Morgan fingerprint density at radius 2 is 1.92 bits per heavy atom. The van der Waals surface area contributed by atoms with E-state index in [9.17, 15) is 4.79 Å². The van der Waals surface area contributed by atoms with Crippen LogP contribution in [0.25, 0.3) is 0 Å². The van der Waals surface area contributed by atoms with Crippen LogP contribution >= 0.6 is 23.2 Å². The lowest BCUT2D eigenvalue weighted by Crippen LogP contribution is -2.30. The number of rotatable bonds is 7. The number of amides is 1. The summed E-state index contributed by atoms with van der Waals surface area (Å²) in [5.74, 6) is 0.400. The zero-order chi connectivity index (χ0) is 17.6. The molecular weight excluding hydrogens is 365 g/mol. The molecule has 0 aliphatic heterocycles. The van der Waals surface area contributed by atoms with Crippen LogP contribution in [0.2, 0.25) is 10.0 Å². The average molecular weight is 380 g/mol. The van der Waals surface area contributed by atoms with E-state index in [0.29, 0.717) is 34.6 Å². The van der Waals surface area contributed by atoms with Gasteiger partial charge in [0.15, 0.2) is 6.73 Å². The fraction of sp³-hybridized carbons (Fsp3) is 0.188. The summed E-state index contributed by atoms with van der Waals surface area (Å²) in [5, 5.41) is 12.2. The lowest BCUT2D eigenvalue weighted by atomic mass is 10.3. The van der Waals surface area contributed by atoms with Crippen LogP contribution in [0.5, 0.6) is 5.75 Å². The molecule has 25 heavy (non-hydrogen) atoms. The zero-order valence-corrected chi connectivity index (χ0v) is 14.6. The van der Waals surface area contributed by atoms with Gasteiger partial charge in [-0.15, -0.1) is 0 Å². The number of benzene rings is 1. The van der Waals surface area contributed by atoms with Crippen molar-refractivity contribution in [2.75, 3.05) is 6.54 Å². The summed E-state index contributed by atoms with van der Waals surface area (Å²) in [7, 11) is 0. The van der Waals surface area contributed by atoms with Crippen LogP contribution in [0.1, 0.15) is 10.5 Å². The summed E-state index contributed by atoms with van der Waals surface area (Å²) in [4.78, 5) is 12.3. The predicted molar refractivity (Wildman–Crippen MR) is 93.9 cm³/mol. The Bertz CT molecular complexity index is 844. The number of halogens is 2. The molecule has 7 nitrogen and oxygen atoms in total. The maximum Gasteiger partial charge on any atom is 0.269 e. The molecule has 130 valence electrons. The van der Waals surface area contributed by atoms with Gasteiger partial charge in [-0.25, -0.2) is 4.68 Å². The second-order valence-corrected chi connectivity index (χ2v) is 5.99. The Labute approximate surface area is 154 Å². The molecule has 9 heteroatoms. The average Bonchev–Trinajstić information content (AvgIpc) is 3.23. The van der Waals surface area contributed by atoms with E-state index in [0.717, 1.165) is 0 Å². The van der Waals surface area contributed by atoms with Gasteiger partial charge in [0.2, 0.25) is 0 Å². The van der Waals surface area contributed by atoms with Gasteiger partial charge < -0.3 is 10.1 Å². The second kappa shape index (κ2) is 8.04. The van der Waals surface area contributed by atoms with Gasteiger partial charge in [0.1, 0.15) is 11.4 Å². The molecule has 0 saturated carbocycles. The van der Waals surface area contributed by atoms with Crippen LogP contribution in [0, 0.1) is 0 Å². The van der Waals surface area contributed by atoms with Crippen LogP contribution in [0.15, 0.2) is 48.9 Å². The molecule has 3 rings (SSSR count). The number of hydrogen-bond donors (Lipinski definition) is 1. The summed E-state index contributed by atoms with van der Waals surface area (Å²) in [5.41, 5.74) is 0.410. The number of aromatic nitrogens is 4. The highest BCUT2D eigenvalue weighted by Gasteiger charge is 2.12. The lowest BCUT2D eigenvalue weighted by molar-refractivity contribution is 0.0930. The van der Waals surface area contributed by atoms with Crippen LogP contribution in [0.4, 0.5) is 0 Å². The van der Waals surface area contributed by atoms with Crippen LogP contribution in [0.3, 0.4) is 0 Å². The first-order chi connectivity index (χ1) is 12.1. The standard InChI is InChI=1S/C16H15Cl2N5O2/c17-12-1-3-14(4-2-12)25-11-23-15(5-6-20-23)16(24)19-7-8-22-10-13(18)9-21-22/h1-6,9-10H,7-8,11H2,(H,19,24). The van der Waals surface area contributed by atoms with E-state index >= 15 is 0 Å². The largest absolute Gasteiger partial charge is 0.471 e. The van der Waals surface area contributed by atoms with Crippen molar-refractivity contribution < 1.29 is 9.53 Å². The Morgan fingerprint density at radius 3 is 2.64 bits per heavy atom. The quantitative estimate of drug-likeness (QED) is 0.684. The number of hydrogen-bond acceptors (Lipinski definition) is 4. The number of ether oxygens (including phenoxy) is 1. The molecule has 0 saturated heterocycles. The van der Waals surface area contributed by atoms with E-state index in [2.05, 4.69) is 15.5 Å². The molecule has 0 aliphatic carbocycles. The molecule has 0 spiro atoms. The van der Waals surface area contributed by atoms with Gasteiger partial charge in [-0.05, 0) is 30.3 Å². The third-order valence-electron chi connectivity index (χ3n) is 3.34. The summed E-state index contributed by atoms with van der Waals surface area (Å²) in [6.07, 6.45) is 4.79. The first-order valence-corrected chi connectivity index (χ1v) is 8.24. The maximum atomic E-state index is 12.3. The second-order valence-electron chi connectivity index (χ2n) is 5.12. The van der Waals surface area contributed by atoms with E-state index in [4.69, 9.17) is 27.9 Å².